The molecule has 2 aliphatic heterocycles. The van der Waals surface area contributed by atoms with Crippen molar-refractivity contribution < 1.29 is 0 Å². The number of rotatable bonds is 3. The second-order valence-electron chi connectivity index (χ2n) is 6.13. The smallest absolute Gasteiger partial charge is 0.0640 e. The van der Waals surface area contributed by atoms with E-state index in [2.05, 4.69) is 27.2 Å². The summed E-state index contributed by atoms with van der Waals surface area (Å²) in [5.74, 6) is 0. The van der Waals surface area contributed by atoms with Crippen LogP contribution in [0.2, 0.25) is 10.0 Å². The Hall–Kier alpha value is -0.320. The third kappa shape index (κ3) is 3.54. The van der Waals surface area contributed by atoms with Crippen LogP contribution < -0.4 is 5.32 Å². The first kappa shape index (κ1) is 15.6. The molecule has 2 aliphatic rings. The van der Waals surface area contributed by atoms with Gasteiger partial charge < -0.3 is 5.32 Å². The number of halogens is 2. The maximum absolute atomic E-state index is 6.37. The van der Waals surface area contributed by atoms with Crippen LogP contribution in [0.25, 0.3) is 0 Å². The molecule has 0 aliphatic carbocycles. The van der Waals surface area contributed by atoms with Crippen LogP contribution in [0.4, 0.5) is 0 Å². The van der Waals surface area contributed by atoms with Gasteiger partial charge in [-0.2, -0.15) is 0 Å². The van der Waals surface area contributed by atoms with Gasteiger partial charge in [0.05, 0.1) is 10.0 Å². The highest BCUT2D eigenvalue weighted by Gasteiger charge is 2.26. The van der Waals surface area contributed by atoms with Gasteiger partial charge in [-0.1, -0.05) is 35.3 Å². The van der Waals surface area contributed by atoms with Crippen molar-refractivity contribution in [3.05, 3.63) is 33.3 Å². The molecule has 1 aromatic rings. The first-order chi connectivity index (χ1) is 10.1. The Morgan fingerprint density at radius 3 is 2.57 bits per heavy atom. The van der Waals surface area contributed by atoms with Gasteiger partial charge in [-0.15, -0.1) is 0 Å². The molecule has 0 bridgehead atoms. The van der Waals surface area contributed by atoms with Crippen LogP contribution in [0.5, 0.6) is 0 Å². The fraction of sp³-hybridized carbons (Fsp3) is 0.625. The fourth-order valence-electron chi connectivity index (χ4n) is 3.29. The first-order valence-corrected chi connectivity index (χ1v) is 8.51. The van der Waals surface area contributed by atoms with Crippen molar-refractivity contribution in [2.75, 3.05) is 39.3 Å². The second-order valence-corrected chi connectivity index (χ2v) is 6.88. The summed E-state index contributed by atoms with van der Waals surface area (Å²) in [6.07, 6.45) is 1.29. The van der Waals surface area contributed by atoms with Crippen molar-refractivity contribution in [3.8, 4) is 0 Å². The molecule has 0 aromatic heterocycles. The van der Waals surface area contributed by atoms with E-state index in [1.54, 1.807) is 0 Å². The highest BCUT2D eigenvalue weighted by molar-refractivity contribution is 6.42. The molecule has 116 valence electrons. The molecular formula is C16H23Cl2N3. The Morgan fingerprint density at radius 1 is 1.14 bits per heavy atom. The van der Waals surface area contributed by atoms with Crippen LogP contribution in [0.15, 0.2) is 12.1 Å². The van der Waals surface area contributed by atoms with Gasteiger partial charge in [0.2, 0.25) is 0 Å². The second kappa shape index (κ2) is 6.84. The number of aryl methyl sites for hydroxylation is 1. The van der Waals surface area contributed by atoms with E-state index in [0.29, 0.717) is 5.02 Å². The van der Waals surface area contributed by atoms with Crippen molar-refractivity contribution >= 4 is 23.2 Å². The zero-order valence-corrected chi connectivity index (χ0v) is 14.1. The molecule has 21 heavy (non-hydrogen) atoms. The third-order valence-corrected chi connectivity index (χ3v) is 5.72. The Balaban J connectivity index is 1.57. The molecule has 5 heteroatoms. The van der Waals surface area contributed by atoms with Gasteiger partial charge in [-0.05, 0) is 31.0 Å². The molecule has 3 nitrogen and oxygen atoms in total. The van der Waals surface area contributed by atoms with E-state index in [1.165, 1.54) is 13.0 Å². The van der Waals surface area contributed by atoms with Crippen molar-refractivity contribution in [1.29, 1.82) is 0 Å². The number of nitrogens with one attached hydrogen (secondary N) is 1. The van der Waals surface area contributed by atoms with Crippen molar-refractivity contribution in [3.63, 3.8) is 0 Å². The lowest BCUT2D eigenvalue weighted by molar-refractivity contribution is 0.0981. The van der Waals surface area contributed by atoms with E-state index >= 15 is 0 Å². The van der Waals surface area contributed by atoms with Crippen molar-refractivity contribution in [1.82, 2.24) is 15.1 Å². The Kier molecular flexibility index (Phi) is 5.07. The fourth-order valence-corrected chi connectivity index (χ4v) is 3.74. The van der Waals surface area contributed by atoms with Crippen LogP contribution in [0, 0.1) is 6.92 Å². The van der Waals surface area contributed by atoms with E-state index in [0.717, 1.165) is 61.5 Å². The summed E-state index contributed by atoms with van der Waals surface area (Å²) in [6, 6.07) is 4.91. The van der Waals surface area contributed by atoms with Crippen molar-refractivity contribution in [2.24, 2.45) is 0 Å². The minimum absolute atomic E-state index is 0.699. The molecular weight excluding hydrogens is 305 g/mol. The molecule has 2 heterocycles. The van der Waals surface area contributed by atoms with Gasteiger partial charge in [-0.3, -0.25) is 9.80 Å². The number of piperazine rings is 1. The molecule has 3 rings (SSSR count). The number of nitrogens with zero attached hydrogens (tertiary/aromatic N) is 2. The zero-order valence-electron chi connectivity index (χ0n) is 12.5. The summed E-state index contributed by atoms with van der Waals surface area (Å²) in [4.78, 5) is 5.10. The lowest BCUT2D eigenvalue weighted by Gasteiger charge is -2.38. The van der Waals surface area contributed by atoms with Crippen LogP contribution >= 0.6 is 23.2 Å². The van der Waals surface area contributed by atoms with Crippen LogP contribution in [0.1, 0.15) is 17.5 Å². The Bertz CT molecular complexity index is 493. The number of benzene rings is 1. The largest absolute Gasteiger partial charge is 0.315 e. The molecule has 2 saturated heterocycles. The molecule has 0 spiro atoms. The van der Waals surface area contributed by atoms with Gasteiger partial charge in [0.1, 0.15) is 0 Å². The molecule has 1 unspecified atom stereocenters. The molecule has 0 amide bonds. The molecule has 1 atom stereocenters. The van der Waals surface area contributed by atoms with Gasteiger partial charge in [0.25, 0.3) is 0 Å². The Morgan fingerprint density at radius 2 is 1.90 bits per heavy atom. The normalized spacial score (nSPS) is 24.6. The summed E-state index contributed by atoms with van der Waals surface area (Å²) >= 11 is 12.6. The molecule has 1 aromatic carbocycles. The van der Waals surface area contributed by atoms with E-state index in [4.69, 9.17) is 23.2 Å². The highest BCUT2D eigenvalue weighted by Crippen LogP contribution is 2.30. The molecule has 0 radical (unpaired) electrons. The number of hydrogen-bond donors (Lipinski definition) is 1. The summed E-state index contributed by atoms with van der Waals surface area (Å²) in [5, 5.41) is 4.87. The van der Waals surface area contributed by atoms with E-state index in [9.17, 15) is 0 Å². The van der Waals surface area contributed by atoms with E-state index in [-0.39, 0.29) is 0 Å². The zero-order chi connectivity index (χ0) is 14.8. The molecule has 2 fully saturated rings. The predicted molar refractivity (Wildman–Crippen MR) is 89.3 cm³/mol. The van der Waals surface area contributed by atoms with Gasteiger partial charge in [0.15, 0.2) is 0 Å². The first-order valence-electron chi connectivity index (χ1n) is 7.76. The minimum Gasteiger partial charge on any atom is -0.315 e. The molecule has 0 saturated carbocycles. The standard InChI is InChI=1S/C16H23Cl2N3/c1-12-2-3-13(16(18)15(12)17)11-20-6-8-21(9-7-20)14-4-5-19-10-14/h2-3,14,19H,4-11H2,1H3. The minimum atomic E-state index is 0.699. The maximum atomic E-state index is 6.37. The van der Waals surface area contributed by atoms with Crippen LogP contribution in [0.3, 0.4) is 0 Å². The molecule has 1 N–H and O–H groups in total. The predicted octanol–water partition coefficient (Wildman–Crippen LogP) is 2.78. The average Bonchev–Trinajstić information content (AvgIpc) is 3.03. The van der Waals surface area contributed by atoms with Gasteiger partial charge >= 0.3 is 0 Å². The monoisotopic (exact) mass is 327 g/mol. The maximum Gasteiger partial charge on any atom is 0.0640 e. The lowest BCUT2D eigenvalue weighted by Crippen LogP contribution is -2.50. The third-order valence-electron chi connectivity index (χ3n) is 4.71. The van der Waals surface area contributed by atoms with Crippen LogP contribution in [-0.4, -0.2) is 55.1 Å². The van der Waals surface area contributed by atoms with Crippen LogP contribution in [-0.2, 0) is 6.54 Å². The summed E-state index contributed by atoms with van der Waals surface area (Å²) in [7, 11) is 0. The van der Waals surface area contributed by atoms with Gasteiger partial charge in [-0.25, -0.2) is 0 Å². The topological polar surface area (TPSA) is 18.5 Å². The average molecular weight is 328 g/mol. The highest BCUT2D eigenvalue weighted by atomic mass is 35.5. The van der Waals surface area contributed by atoms with Crippen molar-refractivity contribution in [2.45, 2.75) is 25.9 Å². The lowest BCUT2D eigenvalue weighted by atomic mass is 10.1. The quantitative estimate of drug-likeness (QED) is 0.920. The summed E-state index contributed by atoms with van der Waals surface area (Å²) < 4.78 is 0. The SMILES string of the molecule is Cc1ccc(CN2CCN(C3CCNC3)CC2)c(Cl)c1Cl. The summed E-state index contributed by atoms with van der Waals surface area (Å²) in [6.45, 7) is 9.74. The van der Waals surface area contributed by atoms with Gasteiger partial charge in [0, 0.05) is 45.3 Å². The summed E-state index contributed by atoms with van der Waals surface area (Å²) in [5.41, 5.74) is 2.19. The van der Waals surface area contributed by atoms with E-state index in [1.807, 2.05) is 6.92 Å². The number of hydrogen-bond acceptors (Lipinski definition) is 3. The Labute approximate surface area is 137 Å². The van der Waals surface area contributed by atoms with E-state index < -0.39 is 0 Å².